The van der Waals surface area contributed by atoms with Gasteiger partial charge in [-0.05, 0) is 55.9 Å². The van der Waals surface area contributed by atoms with E-state index in [2.05, 4.69) is 55.7 Å². The fourth-order valence-electron chi connectivity index (χ4n) is 2.99. The lowest BCUT2D eigenvalue weighted by atomic mass is 10.1. The van der Waals surface area contributed by atoms with Gasteiger partial charge in [0.15, 0.2) is 0 Å². The third-order valence-electron chi connectivity index (χ3n) is 4.11. The first kappa shape index (κ1) is 15.6. The van der Waals surface area contributed by atoms with Gasteiger partial charge in [0.1, 0.15) is 5.69 Å². The molecule has 4 nitrogen and oxygen atoms in total. The fraction of sp³-hybridized carbons (Fsp3) is 0.667. The Kier molecular flexibility index (Phi) is 4.59. The van der Waals surface area contributed by atoms with Crippen LogP contribution in [0, 0.1) is 5.92 Å². The highest BCUT2D eigenvalue weighted by Crippen LogP contribution is 2.25. The van der Waals surface area contributed by atoms with Crippen molar-refractivity contribution < 1.29 is 4.79 Å². The molecule has 112 valence electrons. The van der Waals surface area contributed by atoms with Crippen LogP contribution in [0.1, 0.15) is 37.3 Å². The van der Waals surface area contributed by atoms with Gasteiger partial charge in [-0.25, -0.2) is 0 Å². The number of aromatic nitrogens is 1. The van der Waals surface area contributed by atoms with E-state index >= 15 is 0 Å². The molecule has 0 aromatic carbocycles. The van der Waals surface area contributed by atoms with Gasteiger partial charge in [0.2, 0.25) is 0 Å². The van der Waals surface area contributed by atoms with Crippen molar-refractivity contribution in [2.45, 2.75) is 32.9 Å². The lowest BCUT2D eigenvalue weighted by molar-refractivity contribution is 0.0769. The standard InChI is InChI=1S/C15H24BrN3O/c1-10(2)19-8-12(16)6-13(19)15(20)18-7-11(3)14(9-18)17(4)5/h6,8,10-11,14H,7,9H2,1-5H3/t11-,14-/m1/s1. The normalized spacial score (nSPS) is 23.1. The molecule has 0 spiro atoms. The number of nitrogens with zero attached hydrogens (tertiary/aromatic N) is 3. The average Bonchev–Trinajstić information content (AvgIpc) is 2.91. The third-order valence-corrected chi connectivity index (χ3v) is 4.55. The van der Waals surface area contributed by atoms with Gasteiger partial charge in [-0.15, -0.1) is 0 Å². The summed E-state index contributed by atoms with van der Waals surface area (Å²) in [5.74, 6) is 0.653. The maximum atomic E-state index is 12.8. The minimum Gasteiger partial charge on any atom is -0.340 e. The van der Waals surface area contributed by atoms with E-state index in [0.29, 0.717) is 12.0 Å². The molecule has 0 bridgehead atoms. The quantitative estimate of drug-likeness (QED) is 0.845. The molecule has 5 heteroatoms. The molecule has 0 unspecified atom stereocenters. The van der Waals surface area contributed by atoms with E-state index in [1.807, 2.05) is 21.7 Å². The van der Waals surface area contributed by atoms with Crippen LogP contribution in [-0.2, 0) is 0 Å². The Labute approximate surface area is 129 Å². The van der Waals surface area contributed by atoms with Gasteiger partial charge in [-0.2, -0.15) is 0 Å². The molecule has 1 aliphatic heterocycles. The van der Waals surface area contributed by atoms with Crippen molar-refractivity contribution in [2.24, 2.45) is 5.92 Å². The van der Waals surface area contributed by atoms with Gasteiger partial charge in [0, 0.05) is 35.8 Å². The summed E-state index contributed by atoms with van der Waals surface area (Å²) < 4.78 is 3.01. The number of hydrogen-bond donors (Lipinski definition) is 0. The second kappa shape index (κ2) is 5.90. The predicted molar refractivity (Wildman–Crippen MR) is 85.1 cm³/mol. The molecule has 2 rings (SSSR count). The zero-order chi connectivity index (χ0) is 15.0. The molecular weight excluding hydrogens is 318 g/mol. The van der Waals surface area contributed by atoms with Crippen LogP contribution < -0.4 is 0 Å². The van der Waals surface area contributed by atoms with Crippen LogP contribution in [0.3, 0.4) is 0 Å². The van der Waals surface area contributed by atoms with Crippen LogP contribution in [0.25, 0.3) is 0 Å². The third kappa shape index (κ3) is 2.93. The van der Waals surface area contributed by atoms with Gasteiger partial charge in [0.05, 0.1) is 0 Å². The molecule has 1 amide bonds. The van der Waals surface area contributed by atoms with Crippen molar-refractivity contribution in [2.75, 3.05) is 27.2 Å². The number of carbonyl (C=O) groups excluding carboxylic acids is 1. The van der Waals surface area contributed by atoms with Gasteiger partial charge in [-0.3, -0.25) is 4.79 Å². The first-order valence-electron chi connectivity index (χ1n) is 7.14. The van der Waals surface area contributed by atoms with Gasteiger partial charge >= 0.3 is 0 Å². The van der Waals surface area contributed by atoms with E-state index in [4.69, 9.17) is 0 Å². The predicted octanol–water partition coefficient (Wildman–Crippen LogP) is 2.85. The Hall–Kier alpha value is -0.810. The average molecular weight is 342 g/mol. The molecule has 1 saturated heterocycles. The van der Waals surface area contributed by atoms with Gasteiger partial charge < -0.3 is 14.4 Å². The molecule has 1 aliphatic rings. The summed E-state index contributed by atoms with van der Waals surface area (Å²) in [7, 11) is 4.17. The topological polar surface area (TPSA) is 28.5 Å². The molecule has 2 atom stereocenters. The number of amides is 1. The van der Waals surface area contributed by atoms with E-state index in [0.717, 1.165) is 23.3 Å². The Balaban J connectivity index is 2.21. The second-order valence-electron chi connectivity index (χ2n) is 6.26. The number of halogens is 1. The highest BCUT2D eigenvalue weighted by Gasteiger charge is 2.35. The smallest absolute Gasteiger partial charge is 0.270 e. The van der Waals surface area contributed by atoms with Crippen molar-refractivity contribution in [3.05, 3.63) is 22.4 Å². The Morgan fingerprint density at radius 2 is 2.05 bits per heavy atom. The van der Waals surface area contributed by atoms with Crippen LogP contribution >= 0.6 is 15.9 Å². The molecular formula is C15H24BrN3O. The van der Waals surface area contributed by atoms with Gasteiger partial charge in [-0.1, -0.05) is 6.92 Å². The number of rotatable bonds is 3. The summed E-state index contributed by atoms with van der Waals surface area (Å²) in [4.78, 5) is 17.0. The summed E-state index contributed by atoms with van der Waals surface area (Å²) in [6.45, 7) is 8.06. The summed E-state index contributed by atoms with van der Waals surface area (Å²) >= 11 is 3.48. The maximum absolute atomic E-state index is 12.8. The number of likely N-dealkylation sites (tertiary alicyclic amines) is 1. The van der Waals surface area contributed by atoms with Crippen molar-refractivity contribution in [1.29, 1.82) is 0 Å². The fourth-order valence-corrected chi connectivity index (χ4v) is 3.43. The molecule has 0 N–H and O–H groups in total. The highest BCUT2D eigenvalue weighted by molar-refractivity contribution is 9.10. The minimum absolute atomic E-state index is 0.139. The lowest BCUT2D eigenvalue weighted by Crippen LogP contribution is -2.36. The van der Waals surface area contributed by atoms with Crippen molar-refractivity contribution >= 4 is 21.8 Å². The summed E-state index contributed by atoms with van der Waals surface area (Å²) in [6, 6.07) is 2.66. The van der Waals surface area contributed by atoms with E-state index in [9.17, 15) is 4.79 Å². The monoisotopic (exact) mass is 341 g/mol. The van der Waals surface area contributed by atoms with Crippen molar-refractivity contribution in [1.82, 2.24) is 14.4 Å². The van der Waals surface area contributed by atoms with Crippen molar-refractivity contribution in [3.8, 4) is 0 Å². The van der Waals surface area contributed by atoms with E-state index in [-0.39, 0.29) is 11.9 Å². The minimum atomic E-state index is 0.139. The van der Waals surface area contributed by atoms with Gasteiger partial charge in [0.25, 0.3) is 5.91 Å². The van der Waals surface area contributed by atoms with E-state index in [1.54, 1.807) is 0 Å². The SMILES string of the molecule is CC(C)n1cc(Br)cc1C(=O)N1C[C@@H](C)[C@H](N(C)C)C1. The summed E-state index contributed by atoms with van der Waals surface area (Å²) in [5.41, 5.74) is 0.776. The molecule has 0 aliphatic carbocycles. The lowest BCUT2D eigenvalue weighted by Gasteiger charge is -2.22. The van der Waals surface area contributed by atoms with Crippen LogP contribution in [0.4, 0.5) is 0 Å². The Morgan fingerprint density at radius 1 is 1.40 bits per heavy atom. The molecule has 1 aromatic heterocycles. The van der Waals surface area contributed by atoms with Crippen LogP contribution in [0.2, 0.25) is 0 Å². The first-order chi connectivity index (χ1) is 9.31. The molecule has 0 saturated carbocycles. The molecule has 20 heavy (non-hydrogen) atoms. The maximum Gasteiger partial charge on any atom is 0.270 e. The largest absolute Gasteiger partial charge is 0.340 e. The zero-order valence-electron chi connectivity index (χ0n) is 12.9. The number of carbonyl (C=O) groups is 1. The van der Waals surface area contributed by atoms with Crippen LogP contribution in [-0.4, -0.2) is 53.5 Å². The van der Waals surface area contributed by atoms with E-state index in [1.165, 1.54) is 0 Å². The van der Waals surface area contributed by atoms with Crippen LogP contribution in [0.15, 0.2) is 16.7 Å². The zero-order valence-corrected chi connectivity index (χ0v) is 14.5. The van der Waals surface area contributed by atoms with E-state index < -0.39 is 0 Å². The number of hydrogen-bond acceptors (Lipinski definition) is 2. The molecule has 2 heterocycles. The highest BCUT2D eigenvalue weighted by atomic mass is 79.9. The summed E-state index contributed by atoms with van der Waals surface area (Å²) in [5, 5.41) is 0. The molecule has 1 aromatic rings. The number of likely N-dealkylation sites (N-methyl/N-ethyl adjacent to an activating group) is 1. The second-order valence-corrected chi connectivity index (χ2v) is 7.18. The van der Waals surface area contributed by atoms with Crippen molar-refractivity contribution in [3.63, 3.8) is 0 Å². The first-order valence-corrected chi connectivity index (χ1v) is 7.93. The molecule has 0 radical (unpaired) electrons. The van der Waals surface area contributed by atoms with Crippen LogP contribution in [0.5, 0.6) is 0 Å². The Morgan fingerprint density at radius 3 is 2.55 bits per heavy atom. The molecule has 1 fully saturated rings. The Bertz CT molecular complexity index is 495. The summed E-state index contributed by atoms with van der Waals surface area (Å²) in [6.07, 6.45) is 1.99.